The van der Waals surface area contributed by atoms with Crippen LogP contribution in [0.2, 0.25) is 0 Å². The minimum absolute atomic E-state index is 0.184. The van der Waals surface area contributed by atoms with Gasteiger partial charge in [-0.25, -0.2) is 9.37 Å². The largest absolute Gasteiger partial charge is 0.436 e. The van der Waals surface area contributed by atoms with E-state index in [9.17, 15) is 9.18 Å². The number of anilines is 1. The van der Waals surface area contributed by atoms with Gasteiger partial charge in [0, 0.05) is 16.8 Å². The van der Waals surface area contributed by atoms with E-state index in [1.54, 1.807) is 30.3 Å². The van der Waals surface area contributed by atoms with Gasteiger partial charge in [-0.1, -0.05) is 17.7 Å². The maximum atomic E-state index is 13.1. The van der Waals surface area contributed by atoms with Gasteiger partial charge in [0.2, 0.25) is 5.89 Å². The van der Waals surface area contributed by atoms with Crippen LogP contribution in [0.5, 0.6) is 0 Å². The first kappa shape index (κ1) is 17.0. The van der Waals surface area contributed by atoms with Gasteiger partial charge in [-0.3, -0.25) is 4.79 Å². The van der Waals surface area contributed by atoms with Gasteiger partial charge in [-0.05, 0) is 67.9 Å². The Balaban J connectivity index is 1.65. The molecule has 1 N–H and O–H groups in total. The zero-order valence-electron chi connectivity index (χ0n) is 14.9. The van der Waals surface area contributed by atoms with E-state index in [2.05, 4.69) is 10.3 Å². The standard InChI is InChI=1S/C22H17FN2O2/c1-13-3-5-15(6-4-13)21(26)24-18-11-14(2)20-19(12-18)25-22(27-20)16-7-9-17(23)10-8-16/h3-12H,1-2H3,(H,24,26). The Bertz CT molecular complexity index is 1130. The van der Waals surface area contributed by atoms with Crippen LogP contribution in [0, 0.1) is 19.7 Å². The molecule has 0 aliphatic heterocycles. The van der Waals surface area contributed by atoms with Crippen molar-refractivity contribution in [1.29, 1.82) is 0 Å². The number of halogens is 1. The number of hydrogen-bond donors (Lipinski definition) is 1. The second-order valence-electron chi connectivity index (χ2n) is 6.49. The third kappa shape index (κ3) is 3.44. The molecule has 0 bridgehead atoms. The van der Waals surface area contributed by atoms with Crippen molar-refractivity contribution < 1.29 is 13.6 Å². The lowest BCUT2D eigenvalue weighted by Gasteiger charge is -2.06. The van der Waals surface area contributed by atoms with Gasteiger partial charge in [0.1, 0.15) is 11.3 Å². The van der Waals surface area contributed by atoms with Crippen LogP contribution >= 0.6 is 0 Å². The molecule has 0 aliphatic rings. The van der Waals surface area contributed by atoms with Crippen molar-refractivity contribution in [3.8, 4) is 11.5 Å². The number of oxazole rings is 1. The number of rotatable bonds is 3. The van der Waals surface area contributed by atoms with Gasteiger partial charge in [-0.15, -0.1) is 0 Å². The minimum Gasteiger partial charge on any atom is -0.436 e. The number of nitrogens with one attached hydrogen (secondary N) is 1. The van der Waals surface area contributed by atoms with Gasteiger partial charge in [0.25, 0.3) is 5.91 Å². The minimum atomic E-state index is -0.313. The monoisotopic (exact) mass is 360 g/mol. The first-order valence-corrected chi connectivity index (χ1v) is 8.55. The average molecular weight is 360 g/mol. The third-order valence-corrected chi connectivity index (χ3v) is 4.34. The number of benzene rings is 3. The molecule has 1 aromatic heterocycles. The Morgan fingerprint density at radius 2 is 1.70 bits per heavy atom. The van der Waals surface area contributed by atoms with Crippen LogP contribution in [0.15, 0.2) is 65.1 Å². The Hall–Kier alpha value is -3.47. The van der Waals surface area contributed by atoms with Crippen LogP contribution in [-0.4, -0.2) is 10.9 Å². The van der Waals surface area contributed by atoms with E-state index < -0.39 is 0 Å². The van der Waals surface area contributed by atoms with E-state index in [4.69, 9.17) is 4.42 Å². The third-order valence-electron chi connectivity index (χ3n) is 4.34. The van der Waals surface area contributed by atoms with E-state index in [-0.39, 0.29) is 11.7 Å². The number of hydrogen-bond acceptors (Lipinski definition) is 3. The van der Waals surface area contributed by atoms with Crippen LogP contribution in [0.4, 0.5) is 10.1 Å². The molecule has 0 atom stereocenters. The molecule has 4 nitrogen and oxygen atoms in total. The SMILES string of the molecule is Cc1ccc(C(=O)Nc2cc(C)c3oc(-c4ccc(F)cc4)nc3c2)cc1. The molecule has 4 aromatic rings. The van der Waals surface area contributed by atoms with E-state index >= 15 is 0 Å². The molecule has 134 valence electrons. The van der Waals surface area contributed by atoms with Crippen LogP contribution < -0.4 is 5.32 Å². The molecule has 27 heavy (non-hydrogen) atoms. The summed E-state index contributed by atoms with van der Waals surface area (Å²) in [6.45, 7) is 3.87. The first-order valence-electron chi connectivity index (χ1n) is 8.55. The first-order chi connectivity index (χ1) is 13.0. The molecule has 5 heteroatoms. The fraction of sp³-hybridized carbons (Fsp3) is 0.0909. The summed E-state index contributed by atoms with van der Waals surface area (Å²) in [5.41, 5.74) is 5.15. The second kappa shape index (κ2) is 6.68. The number of nitrogens with zero attached hydrogens (tertiary/aromatic N) is 1. The molecule has 0 unspecified atom stereocenters. The number of aromatic nitrogens is 1. The number of fused-ring (bicyclic) bond motifs is 1. The van der Waals surface area contributed by atoms with Crippen molar-refractivity contribution in [2.24, 2.45) is 0 Å². The summed E-state index contributed by atoms with van der Waals surface area (Å²) < 4.78 is 19.0. The molecule has 0 saturated heterocycles. The molecule has 1 amide bonds. The summed E-state index contributed by atoms with van der Waals surface area (Å²) in [6, 6.07) is 17.0. The quantitative estimate of drug-likeness (QED) is 0.525. The molecular weight excluding hydrogens is 343 g/mol. The summed E-state index contributed by atoms with van der Waals surface area (Å²) in [6.07, 6.45) is 0. The second-order valence-corrected chi connectivity index (χ2v) is 6.49. The molecule has 4 rings (SSSR count). The van der Waals surface area contributed by atoms with Crippen molar-refractivity contribution in [2.45, 2.75) is 13.8 Å². The smallest absolute Gasteiger partial charge is 0.255 e. The summed E-state index contributed by atoms with van der Waals surface area (Å²) in [7, 11) is 0. The predicted octanol–water partition coefficient (Wildman–Crippen LogP) is 5.50. The molecule has 0 aliphatic carbocycles. The fourth-order valence-corrected chi connectivity index (χ4v) is 2.90. The number of amides is 1. The Morgan fingerprint density at radius 1 is 1.00 bits per heavy atom. The summed E-state index contributed by atoms with van der Waals surface area (Å²) in [4.78, 5) is 16.9. The van der Waals surface area contributed by atoms with Crippen molar-refractivity contribution in [3.05, 3.63) is 83.2 Å². The fourth-order valence-electron chi connectivity index (χ4n) is 2.90. The predicted molar refractivity (Wildman–Crippen MR) is 103 cm³/mol. The highest BCUT2D eigenvalue weighted by Crippen LogP contribution is 2.29. The van der Waals surface area contributed by atoms with Gasteiger partial charge < -0.3 is 9.73 Å². The lowest BCUT2D eigenvalue weighted by atomic mass is 10.1. The van der Waals surface area contributed by atoms with Crippen molar-refractivity contribution in [1.82, 2.24) is 4.98 Å². The summed E-state index contributed by atoms with van der Waals surface area (Å²) in [5, 5.41) is 2.90. The molecule has 3 aromatic carbocycles. The zero-order valence-corrected chi connectivity index (χ0v) is 14.9. The molecule has 0 fully saturated rings. The number of aryl methyl sites for hydroxylation is 2. The normalized spacial score (nSPS) is 10.9. The van der Waals surface area contributed by atoms with Crippen LogP contribution in [0.1, 0.15) is 21.5 Å². The van der Waals surface area contributed by atoms with Crippen molar-refractivity contribution in [3.63, 3.8) is 0 Å². The van der Waals surface area contributed by atoms with Gasteiger partial charge >= 0.3 is 0 Å². The number of carbonyl (C=O) groups excluding carboxylic acids is 1. The van der Waals surface area contributed by atoms with E-state index in [0.29, 0.717) is 33.8 Å². The molecule has 1 heterocycles. The van der Waals surface area contributed by atoms with Crippen LogP contribution in [0.3, 0.4) is 0 Å². The van der Waals surface area contributed by atoms with Crippen LogP contribution in [0.25, 0.3) is 22.6 Å². The Labute approximate surface area is 155 Å². The lowest BCUT2D eigenvalue weighted by molar-refractivity contribution is 0.102. The van der Waals surface area contributed by atoms with E-state index in [1.807, 2.05) is 32.0 Å². The zero-order chi connectivity index (χ0) is 19.0. The molecule has 0 radical (unpaired) electrons. The van der Waals surface area contributed by atoms with Gasteiger partial charge in [-0.2, -0.15) is 0 Å². The van der Waals surface area contributed by atoms with E-state index in [0.717, 1.165) is 11.1 Å². The van der Waals surface area contributed by atoms with Crippen molar-refractivity contribution in [2.75, 3.05) is 5.32 Å². The molecule has 0 saturated carbocycles. The highest BCUT2D eigenvalue weighted by Gasteiger charge is 2.13. The average Bonchev–Trinajstić information content (AvgIpc) is 3.07. The molecule has 0 spiro atoms. The Morgan fingerprint density at radius 3 is 2.41 bits per heavy atom. The topological polar surface area (TPSA) is 55.1 Å². The Kier molecular flexibility index (Phi) is 4.20. The molecular formula is C22H17FN2O2. The van der Waals surface area contributed by atoms with Crippen molar-refractivity contribution >= 4 is 22.7 Å². The summed E-state index contributed by atoms with van der Waals surface area (Å²) in [5.74, 6) is -0.0849. The highest BCUT2D eigenvalue weighted by molar-refractivity contribution is 6.05. The van der Waals surface area contributed by atoms with Crippen LogP contribution in [-0.2, 0) is 0 Å². The van der Waals surface area contributed by atoms with Gasteiger partial charge in [0.05, 0.1) is 0 Å². The highest BCUT2D eigenvalue weighted by atomic mass is 19.1. The maximum absolute atomic E-state index is 13.1. The van der Waals surface area contributed by atoms with E-state index in [1.165, 1.54) is 12.1 Å². The summed E-state index contributed by atoms with van der Waals surface area (Å²) >= 11 is 0. The van der Waals surface area contributed by atoms with Gasteiger partial charge in [0.15, 0.2) is 5.58 Å². The lowest BCUT2D eigenvalue weighted by Crippen LogP contribution is -2.11. The maximum Gasteiger partial charge on any atom is 0.255 e. The number of carbonyl (C=O) groups is 1.